The molecule has 3 aromatic rings. The molecular formula is C19H17ClF2N6O. The number of amides is 1. The van der Waals surface area contributed by atoms with Gasteiger partial charge in [-0.2, -0.15) is 4.68 Å². The lowest BCUT2D eigenvalue weighted by atomic mass is 10.1. The molecule has 1 amide bonds. The summed E-state index contributed by atoms with van der Waals surface area (Å²) < 4.78 is 28.6. The van der Waals surface area contributed by atoms with E-state index in [4.69, 9.17) is 11.6 Å². The highest BCUT2D eigenvalue weighted by molar-refractivity contribution is 6.30. The van der Waals surface area contributed by atoms with Crippen molar-refractivity contribution < 1.29 is 13.6 Å². The van der Waals surface area contributed by atoms with E-state index in [2.05, 4.69) is 20.4 Å². The normalized spacial score (nSPS) is 14.9. The van der Waals surface area contributed by atoms with Crippen LogP contribution >= 0.6 is 11.6 Å². The molecule has 1 aromatic heterocycles. The van der Waals surface area contributed by atoms with Crippen molar-refractivity contribution in [3.63, 3.8) is 0 Å². The number of hydrogen-bond acceptors (Lipinski definition) is 5. The van der Waals surface area contributed by atoms with Crippen molar-refractivity contribution in [2.75, 3.05) is 26.2 Å². The van der Waals surface area contributed by atoms with Crippen LogP contribution in [0.5, 0.6) is 0 Å². The summed E-state index contributed by atoms with van der Waals surface area (Å²) in [4.78, 5) is 16.2. The molecule has 10 heteroatoms. The van der Waals surface area contributed by atoms with Crippen LogP contribution in [-0.2, 0) is 6.54 Å². The van der Waals surface area contributed by atoms with E-state index < -0.39 is 17.5 Å². The number of benzene rings is 2. The van der Waals surface area contributed by atoms with E-state index >= 15 is 0 Å². The van der Waals surface area contributed by atoms with Crippen molar-refractivity contribution in [3.05, 3.63) is 70.5 Å². The van der Waals surface area contributed by atoms with Gasteiger partial charge < -0.3 is 4.90 Å². The summed E-state index contributed by atoms with van der Waals surface area (Å²) in [6, 6.07) is 10.2. The Morgan fingerprint density at radius 1 is 1.03 bits per heavy atom. The van der Waals surface area contributed by atoms with Crippen molar-refractivity contribution in [3.8, 4) is 5.69 Å². The molecule has 1 saturated heterocycles. The number of carbonyl (C=O) groups excluding carboxylic acids is 1. The third kappa shape index (κ3) is 4.25. The molecule has 1 aliphatic rings. The second-order valence-electron chi connectivity index (χ2n) is 6.68. The fraction of sp³-hybridized carbons (Fsp3) is 0.263. The van der Waals surface area contributed by atoms with E-state index in [-0.39, 0.29) is 5.56 Å². The van der Waals surface area contributed by atoms with E-state index in [1.807, 2.05) is 12.1 Å². The van der Waals surface area contributed by atoms with Gasteiger partial charge in [-0.3, -0.25) is 9.69 Å². The molecule has 0 N–H and O–H groups in total. The standard InChI is InChI=1S/C19H17ClF2N6O/c20-13-1-4-15(5-2-13)28-18(23-24-25-28)12-26-7-9-27(10-8-26)19(29)16-6-3-14(21)11-17(16)22/h1-6,11H,7-10,12H2. The van der Waals surface area contributed by atoms with Crippen LogP contribution in [-0.4, -0.2) is 62.1 Å². The fourth-order valence-electron chi connectivity index (χ4n) is 3.23. The van der Waals surface area contributed by atoms with Gasteiger partial charge in [0.2, 0.25) is 0 Å². The summed E-state index contributed by atoms with van der Waals surface area (Å²) in [5.74, 6) is -1.33. The molecular weight excluding hydrogens is 402 g/mol. The van der Waals surface area contributed by atoms with Crippen LogP contribution in [0.3, 0.4) is 0 Å². The molecule has 1 fully saturated rings. The lowest BCUT2D eigenvalue weighted by molar-refractivity contribution is 0.0620. The minimum Gasteiger partial charge on any atom is -0.336 e. The van der Waals surface area contributed by atoms with Gasteiger partial charge in [0.1, 0.15) is 11.6 Å². The number of halogens is 3. The molecule has 0 spiro atoms. The van der Waals surface area contributed by atoms with Crippen molar-refractivity contribution in [2.45, 2.75) is 6.54 Å². The summed E-state index contributed by atoms with van der Waals surface area (Å²) in [5.41, 5.74) is 0.682. The smallest absolute Gasteiger partial charge is 0.256 e. The summed E-state index contributed by atoms with van der Waals surface area (Å²) >= 11 is 5.93. The highest BCUT2D eigenvalue weighted by atomic mass is 35.5. The van der Waals surface area contributed by atoms with Gasteiger partial charge in [0.25, 0.3) is 5.91 Å². The van der Waals surface area contributed by atoms with Crippen molar-refractivity contribution in [1.82, 2.24) is 30.0 Å². The second kappa shape index (κ2) is 8.22. The number of nitrogens with zero attached hydrogens (tertiary/aromatic N) is 6. The van der Waals surface area contributed by atoms with Gasteiger partial charge in [0, 0.05) is 37.3 Å². The molecule has 0 atom stereocenters. The van der Waals surface area contributed by atoms with E-state index in [1.54, 1.807) is 21.7 Å². The van der Waals surface area contributed by atoms with Crippen LogP contribution in [0.2, 0.25) is 5.02 Å². The average molecular weight is 419 g/mol. The van der Waals surface area contributed by atoms with Crippen LogP contribution in [0.25, 0.3) is 5.69 Å². The zero-order valence-electron chi connectivity index (χ0n) is 15.3. The van der Waals surface area contributed by atoms with Crippen LogP contribution in [0.4, 0.5) is 8.78 Å². The Hall–Kier alpha value is -2.91. The third-order valence-corrected chi connectivity index (χ3v) is 5.04. The number of aromatic nitrogens is 4. The molecule has 2 aromatic carbocycles. The molecule has 0 unspecified atom stereocenters. The highest BCUT2D eigenvalue weighted by Gasteiger charge is 2.25. The van der Waals surface area contributed by atoms with Crippen molar-refractivity contribution in [2.24, 2.45) is 0 Å². The number of hydrogen-bond donors (Lipinski definition) is 0. The first-order valence-corrected chi connectivity index (χ1v) is 9.39. The van der Waals surface area contributed by atoms with Gasteiger partial charge in [-0.15, -0.1) is 5.10 Å². The van der Waals surface area contributed by atoms with Gasteiger partial charge in [0.15, 0.2) is 5.82 Å². The predicted molar refractivity (Wildman–Crippen MR) is 102 cm³/mol. The Morgan fingerprint density at radius 3 is 2.45 bits per heavy atom. The van der Waals surface area contributed by atoms with Gasteiger partial charge in [0.05, 0.1) is 17.8 Å². The summed E-state index contributed by atoms with van der Waals surface area (Å²) in [5, 5.41) is 12.5. The number of carbonyl (C=O) groups is 1. The summed E-state index contributed by atoms with van der Waals surface area (Å²) in [6.45, 7) is 2.53. The molecule has 0 bridgehead atoms. The Morgan fingerprint density at radius 2 is 1.76 bits per heavy atom. The quantitative estimate of drug-likeness (QED) is 0.651. The summed E-state index contributed by atoms with van der Waals surface area (Å²) in [7, 11) is 0. The van der Waals surface area contributed by atoms with E-state index in [0.717, 1.165) is 17.8 Å². The topological polar surface area (TPSA) is 67.2 Å². The van der Waals surface area contributed by atoms with E-state index in [1.165, 1.54) is 6.07 Å². The van der Waals surface area contributed by atoms with E-state index in [9.17, 15) is 13.6 Å². The number of piperazine rings is 1. The molecule has 0 saturated carbocycles. The maximum absolute atomic E-state index is 13.9. The first-order chi connectivity index (χ1) is 14.0. The molecule has 4 rings (SSSR count). The van der Waals surface area contributed by atoms with Gasteiger partial charge >= 0.3 is 0 Å². The largest absolute Gasteiger partial charge is 0.336 e. The zero-order chi connectivity index (χ0) is 20.4. The van der Waals surface area contributed by atoms with Gasteiger partial charge in [-0.05, 0) is 46.8 Å². The summed E-state index contributed by atoms with van der Waals surface area (Å²) in [6.07, 6.45) is 0. The van der Waals surface area contributed by atoms with Gasteiger partial charge in [-0.1, -0.05) is 11.6 Å². The minimum absolute atomic E-state index is 0.119. The maximum Gasteiger partial charge on any atom is 0.256 e. The molecule has 0 radical (unpaired) electrons. The van der Waals surface area contributed by atoms with Crippen LogP contribution in [0, 0.1) is 11.6 Å². The fourth-order valence-corrected chi connectivity index (χ4v) is 3.36. The molecule has 29 heavy (non-hydrogen) atoms. The Kier molecular flexibility index (Phi) is 5.50. The predicted octanol–water partition coefficient (Wildman–Crippen LogP) is 2.55. The Bertz CT molecular complexity index is 1020. The van der Waals surface area contributed by atoms with Crippen LogP contribution in [0.1, 0.15) is 16.2 Å². The molecule has 150 valence electrons. The lowest BCUT2D eigenvalue weighted by Crippen LogP contribution is -2.48. The van der Waals surface area contributed by atoms with Crippen molar-refractivity contribution >= 4 is 17.5 Å². The zero-order valence-corrected chi connectivity index (χ0v) is 16.1. The first kappa shape index (κ1) is 19.4. The monoisotopic (exact) mass is 418 g/mol. The molecule has 7 nitrogen and oxygen atoms in total. The maximum atomic E-state index is 13.9. The SMILES string of the molecule is O=C(c1ccc(F)cc1F)N1CCN(Cc2nnnn2-c2ccc(Cl)cc2)CC1. The molecule has 0 aliphatic carbocycles. The number of rotatable bonds is 4. The lowest BCUT2D eigenvalue weighted by Gasteiger charge is -2.34. The number of tetrazole rings is 1. The molecule has 1 aliphatic heterocycles. The average Bonchev–Trinajstić information content (AvgIpc) is 3.17. The third-order valence-electron chi connectivity index (χ3n) is 4.79. The second-order valence-corrected chi connectivity index (χ2v) is 7.11. The Balaban J connectivity index is 1.39. The highest BCUT2D eigenvalue weighted by Crippen LogP contribution is 2.17. The molecule has 2 heterocycles. The minimum atomic E-state index is -0.848. The van der Waals surface area contributed by atoms with Gasteiger partial charge in [-0.25, -0.2) is 8.78 Å². The Labute approximate surface area is 170 Å². The van der Waals surface area contributed by atoms with Crippen molar-refractivity contribution in [1.29, 1.82) is 0 Å². The van der Waals surface area contributed by atoms with E-state index in [0.29, 0.717) is 43.6 Å². The van der Waals surface area contributed by atoms with Crippen LogP contribution in [0.15, 0.2) is 42.5 Å². The first-order valence-electron chi connectivity index (χ1n) is 9.01. The van der Waals surface area contributed by atoms with Crippen LogP contribution < -0.4 is 0 Å².